The van der Waals surface area contributed by atoms with E-state index in [1.54, 1.807) is 0 Å². The molecule has 0 heterocycles. The summed E-state index contributed by atoms with van der Waals surface area (Å²) in [6.07, 6.45) is 0. The molecule has 0 aliphatic heterocycles. The molecule has 0 rings (SSSR count). The number of phosphoric acid groups is 2. The van der Waals surface area contributed by atoms with Gasteiger partial charge in [-0.3, -0.25) is 4.31 Å². The van der Waals surface area contributed by atoms with Crippen LogP contribution in [0.3, 0.4) is 0 Å². The standard InChI is InChI=1S/H4O7P2.Sr/c1-8(2,3)7-9(4,5)6;/h(H2,1,2,3)(H2,4,5,6);/q;+2/p-2. The summed E-state index contributed by atoms with van der Waals surface area (Å²) in [4.78, 5) is 34.1. The quantitative estimate of drug-likeness (QED) is 0.417. The van der Waals surface area contributed by atoms with E-state index >= 15 is 0 Å². The molecule has 0 saturated heterocycles. The van der Waals surface area contributed by atoms with Crippen LogP contribution in [0.4, 0.5) is 0 Å². The number of hydrogen-bond donors (Lipinski definition) is 2. The molecule has 0 aromatic rings. The third kappa shape index (κ3) is 12.4. The smallest absolute Gasteiger partial charge is 0.789 e. The van der Waals surface area contributed by atoms with Crippen LogP contribution in [-0.2, 0) is 13.4 Å². The van der Waals surface area contributed by atoms with Crippen molar-refractivity contribution < 1.29 is 33.0 Å². The molecule has 0 saturated carbocycles. The van der Waals surface area contributed by atoms with Gasteiger partial charge in [-0.25, -0.2) is 4.57 Å². The number of rotatable bonds is 2. The maximum atomic E-state index is 9.55. The summed E-state index contributed by atoms with van der Waals surface area (Å²) in [5.74, 6) is 0. The molecule has 0 unspecified atom stereocenters. The van der Waals surface area contributed by atoms with Crippen LogP contribution in [0.2, 0.25) is 0 Å². The van der Waals surface area contributed by atoms with Gasteiger partial charge in [-0.05, 0) is 0 Å². The Hall–Kier alpha value is 1.74. The molecular weight excluding hydrogens is 262 g/mol. The fourth-order valence-electron chi connectivity index (χ4n) is 0.130. The maximum Gasteiger partial charge on any atom is 2.00 e. The Morgan fingerprint density at radius 1 is 1.20 bits per heavy atom. The topological polar surface area (TPSA) is 130 Å². The second-order valence-corrected chi connectivity index (χ2v) is 3.55. The summed E-state index contributed by atoms with van der Waals surface area (Å²) in [5, 5.41) is 0. The first-order valence-electron chi connectivity index (χ1n) is 1.50. The van der Waals surface area contributed by atoms with E-state index in [0.29, 0.717) is 0 Å². The minimum Gasteiger partial charge on any atom is -0.789 e. The predicted molar refractivity (Wildman–Crippen MR) is 26.5 cm³/mol. The van der Waals surface area contributed by atoms with E-state index in [4.69, 9.17) is 9.79 Å². The van der Waals surface area contributed by atoms with Crippen LogP contribution in [0, 0.1) is 0 Å². The van der Waals surface area contributed by atoms with Crippen LogP contribution in [0.25, 0.3) is 0 Å². The first-order valence-corrected chi connectivity index (χ1v) is 4.49. The van der Waals surface area contributed by atoms with E-state index in [2.05, 4.69) is 4.31 Å². The van der Waals surface area contributed by atoms with E-state index in [1.807, 2.05) is 0 Å². The van der Waals surface area contributed by atoms with E-state index in [9.17, 15) is 18.9 Å². The minimum atomic E-state index is -5.55. The van der Waals surface area contributed by atoms with Crippen molar-refractivity contribution in [3.05, 3.63) is 0 Å². The van der Waals surface area contributed by atoms with Crippen LogP contribution >= 0.6 is 15.6 Å². The molecule has 0 aromatic heterocycles. The Morgan fingerprint density at radius 2 is 1.50 bits per heavy atom. The first kappa shape index (κ1) is 14.3. The van der Waals surface area contributed by atoms with Crippen LogP contribution in [0.15, 0.2) is 0 Å². The summed E-state index contributed by atoms with van der Waals surface area (Å²) in [7, 11) is -10.7. The van der Waals surface area contributed by atoms with Gasteiger partial charge in [0.2, 0.25) is 0 Å². The first-order chi connectivity index (χ1) is 3.71. The number of hydrogen-bond acceptors (Lipinski definition) is 5. The molecule has 0 aliphatic rings. The Morgan fingerprint density at radius 3 is 1.50 bits per heavy atom. The van der Waals surface area contributed by atoms with Gasteiger partial charge in [0, 0.05) is 0 Å². The van der Waals surface area contributed by atoms with E-state index in [-0.39, 0.29) is 45.5 Å². The minimum absolute atomic E-state index is 0. The molecule has 0 fully saturated rings. The van der Waals surface area contributed by atoms with E-state index in [0.717, 1.165) is 0 Å². The molecule has 0 aromatic carbocycles. The van der Waals surface area contributed by atoms with Crippen molar-refractivity contribution in [3.8, 4) is 0 Å². The second-order valence-electron chi connectivity index (χ2n) is 1.02. The van der Waals surface area contributed by atoms with Crippen LogP contribution in [0.1, 0.15) is 0 Å². The van der Waals surface area contributed by atoms with Gasteiger partial charge in [-0.2, -0.15) is 0 Å². The van der Waals surface area contributed by atoms with Gasteiger partial charge >= 0.3 is 53.3 Å². The predicted octanol–water partition coefficient (Wildman–Crippen LogP) is -2.46. The normalized spacial score (nSPS) is 12.4. The fourth-order valence-corrected chi connectivity index (χ4v) is 1.17. The van der Waals surface area contributed by atoms with Crippen molar-refractivity contribution in [3.63, 3.8) is 0 Å². The molecule has 56 valence electrons. The van der Waals surface area contributed by atoms with Gasteiger partial charge in [0.25, 0.3) is 0 Å². The average molecular weight is 264 g/mol. The van der Waals surface area contributed by atoms with E-state index in [1.165, 1.54) is 0 Å². The Labute approximate surface area is 93.2 Å². The van der Waals surface area contributed by atoms with Crippen molar-refractivity contribution in [2.75, 3.05) is 0 Å². The van der Waals surface area contributed by atoms with Crippen molar-refractivity contribution in [1.29, 1.82) is 0 Å². The Kier molecular flexibility index (Phi) is 6.69. The Bertz CT molecular complexity index is 152. The van der Waals surface area contributed by atoms with Gasteiger partial charge in [-0.1, -0.05) is 0 Å². The third-order valence-corrected chi connectivity index (χ3v) is 1.86. The molecule has 10 heavy (non-hydrogen) atoms. The fraction of sp³-hybridized carbons (Fsp3) is 0. The van der Waals surface area contributed by atoms with Crippen LogP contribution < -0.4 is 9.79 Å². The molecule has 0 spiro atoms. The molecule has 0 amide bonds. The second kappa shape index (κ2) is 4.69. The van der Waals surface area contributed by atoms with Crippen LogP contribution in [-0.4, -0.2) is 55.3 Å². The summed E-state index contributed by atoms with van der Waals surface area (Å²) >= 11 is 0. The van der Waals surface area contributed by atoms with E-state index < -0.39 is 15.6 Å². The zero-order valence-corrected chi connectivity index (χ0v) is 9.80. The van der Waals surface area contributed by atoms with Gasteiger partial charge in [-0.15, -0.1) is 0 Å². The summed E-state index contributed by atoms with van der Waals surface area (Å²) in [6.45, 7) is 0. The molecular formula is H2O7P2Sr. The largest absolute Gasteiger partial charge is 2.00 e. The summed E-state index contributed by atoms with van der Waals surface area (Å²) in [6, 6.07) is 0. The molecule has 2 N–H and O–H groups in total. The molecule has 0 atom stereocenters. The summed E-state index contributed by atoms with van der Waals surface area (Å²) in [5.41, 5.74) is 0. The van der Waals surface area contributed by atoms with Crippen LogP contribution in [0.5, 0.6) is 0 Å². The zero-order chi connectivity index (χ0) is 7.71. The van der Waals surface area contributed by atoms with Gasteiger partial charge in [0.05, 0.1) is 7.82 Å². The van der Waals surface area contributed by atoms with Crippen molar-refractivity contribution in [2.45, 2.75) is 0 Å². The Balaban J connectivity index is 0. The van der Waals surface area contributed by atoms with Crippen molar-refractivity contribution in [1.82, 2.24) is 0 Å². The third-order valence-electron chi connectivity index (χ3n) is 0.206. The van der Waals surface area contributed by atoms with Gasteiger partial charge in [0.1, 0.15) is 0 Å². The van der Waals surface area contributed by atoms with Crippen molar-refractivity contribution >= 4 is 61.1 Å². The monoisotopic (exact) mass is 264 g/mol. The molecule has 0 bridgehead atoms. The molecule has 0 aliphatic carbocycles. The molecule has 0 radical (unpaired) electrons. The van der Waals surface area contributed by atoms with Gasteiger partial charge in [0.15, 0.2) is 0 Å². The average Bonchev–Trinajstić information content (AvgIpc) is 1.14. The van der Waals surface area contributed by atoms with Crippen molar-refractivity contribution in [2.24, 2.45) is 0 Å². The molecule has 10 heteroatoms. The SMILES string of the molecule is O=P([O-])([O-])OP(=O)(O)O.[Sr+2]. The molecule has 7 nitrogen and oxygen atoms in total. The van der Waals surface area contributed by atoms with Gasteiger partial charge < -0.3 is 24.1 Å². The zero-order valence-electron chi connectivity index (χ0n) is 4.54. The maximum absolute atomic E-state index is 9.55. The summed E-state index contributed by atoms with van der Waals surface area (Å²) < 4.78 is 21.7.